The number of rotatable bonds is 5. The number of benzene rings is 1. The van der Waals surface area contributed by atoms with E-state index in [0.717, 1.165) is 24.2 Å². The van der Waals surface area contributed by atoms with Crippen LogP contribution in [0.1, 0.15) is 19.4 Å². The Labute approximate surface area is 113 Å². The normalized spacial score (nSPS) is 10.9. The van der Waals surface area contributed by atoms with Crippen molar-refractivity contribution in [2.75, 3.05) is 6.54 Å². The molecule has 0 fully saturated rings. The van der Waals surface area contributed by atoms with Crippen LogP contribution >= 0.6 is 0 Å². The second-order valence-electron chi connectivity index (χ2n) is 4.99. The van der Waals surface area contributed by atoms with E-state index in [1.165, 1.54) is 0 Å². The van der Waals surface area contributed by atoms with Crippen molar-refractivity contribution in [3.05, 3.63) is 42.2 Å². The summed E-state index contributed by atoms with van der Waals surface area (Å²) in [6.07, 6.45) is 3.67. The number of aromatic hydroxyl groups is 1. The fraction of sp³-hybridized carbons (Fsp3) is 0.333. The molecule has 2 N–H and O–H groups in total. The summed E-state index contributed by atoms with van der Waals surface area (Å²) in [5.41, 5.74) is 1.97. The molecule has 4 heteroatoms. The fourth-order valence-corrected chi connectivity index (χ4v) is 1.71. The first-order chi connectivity index (χ1) is 9.15. The van der Waals surface area contributed by atoms with Crippen LogP contribution in [-0.2, 0) is 6.54 Å². The zero-order valence-corrected chi connectivity index (χ0v) is 11.3. The lowest BCUT2D eigenvalue weighted by Gasteiger charge is -2.07. The number of hydrogen-bond acceptors (Lipinski definition) is 4. The van der Waals surface area contributed by atoms with Crippen LogP contribution < -0.4 is 5.32 Å². The van der Waals surface area contributed by atoms with Crippen LogP contribution in [0.15, 0.2) is 36.7 Å². The van der Waals surface area contributed by atoms with Crippen LogP contribution in [0.3, 0.4) is 0 Å². The van der Waals surface area contributed by atoms with Crippen molar-refractivity contribution in [3.63, 3.8) is 0 Å². The Hall–Kier alpha value is -1.94. The molecule has 0 aliphatic carbocycles. The quantitative estimate of drug-likeness (QED) is 0.864. The van der Waals surface area contributed by atoms with Gasteiger partial charge in [-0.1, -0.05) is 13.8 Å². The summed E-state index contributed by atoms with van der Waals surface area (Å²) in [6.45, 7) is 6.13. The first-order valence-electron chi connectivity index (χ1n) is 6.46. The highest BCUT2D eigenvalue weighted by Crippen LogP contribution is 2.17. The molecular formula is C15H19N3O. The molecule has 0 saturated heterocycles. The Morgan fingerprint density at radius 1 is 1.11 bits per heavy atom. The molecule has 0 unspecified atom stereocenters. The monoisotopic (exact) mass is 257 g/mol. The first-order valence-corrected chi connectivity index (χ1v) is 6.46. The van der Waals surface area contributed by atoms with Crippen molar-refractivity contribution < 1.29 is 5.11 Å². The molecule has 0 amide bonds. The van der Waals surface area contributed by atoms with Gasteiger partial charge in [-0.15, -0.1) is 0 Å². The predicted octanol–water partition coefficient (Wildman–Crippen LogP) is 2.59. The molecule has 0 aliphatic heterocycles. The van der Waals surface area contributed by atoms with Gasteiger partial charge in [0.2, 0.25) is 0 Å². The van der Waals surface area contributed by atoms with Crippen LogP contribution in [0.5, 0.6) is 5.75 Å². The summed E-state index contributed by atoms with van der Waals surface area (Å²) < 4.78 is 0. The Bertz CT molecular complexity index is 506. The molecule has 2 aromatic rings. The lowest BCUT2D eigenvalue weighted by atomic mass is 10.2. The van der Waals surface area contributed by atoms with E-state index in [0.29, 0.717) is 11.7 Å². The van der Waals surface area contributed by atoms with E-state index in [2.05, 4.69) is 29.1 Å². The average Bonchev–Trinajstić information content (AvgIpc) is 2.40. The Morgan fingerprint density at radius 2 is 1.74 bits per heavy atom. The molecule has 19 heavy (non-hydrogen) atoms. The van der Waals surface area contributed by atoms with E-state index in [1.54, 1.807) is 24.3 Å². The minimum atomic E-state index is 0.248. The SMILES string of the molecule is CC(C)CNCc1cnc(-c2ccc(O)cc2)nc1. The van der Waals surface area contributed by atoms with E-state index in [9.17, 15) is 5.11 Å². The minimum Gasteiger partial charge on any atom is -0.508 e. The van der Waals surface area contributed by atoms with Gasteiger partial charge < -0.3 is 10.4 Å². The summed E-state index contributed by atoms with van der Waals surface area (Å²) in [5.74, 6) is 1.56. The molecule has 0 atom stereocenters. The van der Waals surface area contributed by atoms with Gasteiger partial charge >= 0.3 is 0 Å². The molecule has 0 aliphatic rings. The van der Waals surface area contributed by atoms with Gasteiger partial charge in [0.25, 0.3) is 0 Å². The second kappa shape index (κ2) is 6.29. The Balaban J connectivity index is 2.00. The lowest BCUT2D eigenvalue weighted by Crippen LogP contribution is -2.19. The fourth-order valence-electron chi connectivity index (χ4n) is 1.71. The van der Waals surface area contributed by atoms with Gasteiger partial charge in [-0.05, 0) is 36.7 Å². The number of phenols is 1. The van der Waals surface area contributed by atoms with Crippen molar-refractivity contribution in [2.45, 2.75) is 20.4 Å². The van der Waals surface area contributed by atoms with Crippen molar-refractivity contribution >= 4 is 0 Å². The minimum absolute atomic E-state index is 0.248. The zero-order valence-electron chi connectivity index (χ0n) is 11.3. The Kier molecular flexibility index (Phi) is 4.47. The molecule has 1 aromatic carbocycles. The number of nitrogens with zero attached hydrogens (tertiary/aromatic N) is 2. The lowest BCUT2D eigenvalue weighted by molar-refractivity contribution is 0.475. The summed E-state index contributed by atoms with van der Waals surface area (Å²) >= 11 is 0. The van der Waals surface area contributed by atoms with Gasteiger partial charge in [0.1, 0.15) is 5.75 Å². The van der Waals surface area contributed by atoms with Gasteiger partial charge in [-0.2, -0.15) is 0 Å². The van der Waals surface area contributed by atoms with Gasteiger partial charge in [-0.25, -0.2) is 9.97 Å². The van der Waals surface area contributed by atoms with Crippen LogP contribution in [-0.4, -0.2) is 21.6 Å². The maximum Gasteiger partial charge on any atom is 0.159 e. The van der Waals surface area contributed by atoms with Crippen LogP contribution in [0.4, 0.5) is 0 Å². The molecular weight excluding hydrogens is 238 g/mol. The molecule has 100 valence electrons. The number of nitrogens with one attached hydrogen (secondary N) is 1. The maximum absolute atomic E-state index is 9.24. The van der Waals surface area contributed by atoms with Crippen molar-refractivity contribution in [1.29, 1.82) is 0 Å². The van der Waals surface area contributed by atoms with Gasteiger partial charge in [-0.3, -0.25) is 0 Å². The topological polar surface area (TPSA) is 58.0 Å². The average molecular weight is 257 g/mol. The van der Waals surface area contributed by atoms with E-state index < -0.39 is 0 Å². The van der Waals surface area contributed by atoms with Gasteiger partial charge in [0.15, 0.2) is 5.82 Å². The summed E-state index contributed by atoms with van der Waals surface area (Å²) in [7, 11) is 0. The van der Waals surface area contributed by atoms with Gasteiger partial charge in [0.05, 0.1) is 0 Å². The highest BCUT2D eigenvalue weighted by molar-refractivity contribution is 5.55. The highest BCUT2D eigenvalue weighted by atomic mass is 16.3. The summed E-state index contributed by atoms with van der Waals surface area (Å²) in [5, 5.41) is 12.6. The Morgan fingerprint density at radius 3 is 2.32 bits per heavy atom. The molecule has 4 nitrogen and oxygen atoms in total. The molecule has 0 bridgehead atoms. The number of aromatic nitrogens is 2. The van der Waals surface area contributed by atoms with Crippen molar-refractivity contribution in [1.82, 2.24) is 15.3 Å². The summed E-state index contributed by atoms with van der Waals surface area (Å²) in [4.78, 5) is 8.69. The highest BCUT2D eigenvalue weighted by Gasteiger charge is 2.02. The van der Waals surface area contributed by atoms with Gasteiger partial charge in [0, 0.05) is 30.1 Å². The van der Waals surface area contributed by atoms with E-state index in [4.69, 9.17) is 0 Å². The van der Waals surface area contributed by atoms with Crippen molar-refractivity contribution in [3.8, 4) is 17.1 Å². The molecule has 1 heterocycles. The van der Waals surface area contributed by atoms with Crippen LogP contribution in [0.25, 0.3) is 11.4 Å². The first kappa shape index (κ1) is 13.5. The van der Waals surface area contributed by atoms with E-state index in [-0.39, 0.29) is 5.75 Å². The molecule has 0 radical (unpaired) electrons. The zero-order chi connectivity index (χ0) is 13.7. The number of hydrogen-bond donors (Lipinski definition) is 2. The third kappa shape index (κ3) is 4.03. The standard InChI is InChI=1S/C15H19N3O/c1-11(2)7-16-8-12-9-17-15(18-10-12)13-3-5-14(19)6-4-13/h3-6,9-11,16,19H,7-8H2,1-2H3. The van der Waals surface area contributed by atoms with Crippen LogP contribution in [0.2, 0.25) is 0 Å². The van der Waals surface area contributed by atoms with E-state index in [1.807, 2.05) is 12.4 Å². The third-order valence-corrected chi connectivity index (χ3v) is 2.71. The van der Waals surface area contributed by atoms with E-state index >= 15 is 0 Å². The predicted molar refractivity (Wildman–Crippen MR) is 75.7 cm³/mol. The third-order valence-electron chi connectivity index (χ3n) is 2.71. The largest absolute Gasteiger partial charge is 0.508 e. The number of phenolic OH excluding ortho intramolecular Hbond substituents is 1. The maximum atomic E-state index is 9.24. The molecule has 2 rings (SSSR count). The van der Waals surface area contributed by atoms with Crippen LogP contribution in [0, 0.1) is 5.92 Å². The molecule has 0 saturated carbocycles. The molecule has 1 aromatic heterocycles. The smallest absolute Gasteiger partial charge is 0.159 e. The van der Waals surface area contributed by atoms with Crippen molar-refractivity contribution in [2.24, 2.45) is 5.92 Å². The second-order valence-corrected chi connectivity index (χ2v) is 4.99. The molecule has 0 spiro atoms. The summed E-state index contributed by atoms with van der Waals surface area (Å²) in [6, 6.07) is 6.89.